The number of hydrogen-bond acceptors (Lipinski definition) is 5. The number of hydrogen-bond donors (Lipinski definition) is 1. The van der Waals surface area contributed by atoms with Crippen LogP contribution in [0.1, 0.15) is 22.7 Å². The van der Waals surface area contributed by atoms with E-state index in [1.165, 1.54) is 19.1 Å². The molecule has 146 valence electrons. The van der Waals surface area contributed by atoms with Crippen LogP contribution in [0, 0.1) is 6.92 Å². The summed E-state index contributed by atoms with van der Waals surface area (Å²) >= 11 is 0. The van der Waals surface area contributed by atoms with Crippen molar-refractivity contribution in [3.63, 3.8) is 0 Å². The number of aryl methyl sites for hydroxylation is 1. The fourth-order valence-corrected chi connectivity index (χ4v) is 3.32. The maximum Gasteiger partial charge on any atom is 0.295 e. The van der Waals surface area contributed by atoms with Crippen LogP contribution in [0.15, 0.2) is 54.1 Å². The van der Waals surface area contributed by atoms with Crippen molar-refractivity contribution in [2.45, 2.75) is 13.0 Å². The summed E-state index contributed by atoms with van der Waals surface area (Å²) in [4.78, 5) is 26.9. The number of benzene rings is 2. The van der Waals surface area contributed by atoms with Crippen molar-refractivity contribution >= 4 is 17.4 Å². The molecular weight excluding hydrogens is 358 g/mol. The summed E-state index contributed by atoms with van der Waals surface area (Å²) in [5.74, 6) is -1.03. The average Bonchev–Trinajstić information content (AvgIpc) is 2.97. The second-order valence-electron chi connectivity index (χ2n) is 6.63. The maximum absolute atomic E-state index is 12.8. The zero-order valence-corrected chi connectivity index (χ0v) is 16.1. The van der Waals surface area contributed by atoms with Gasteiger partial charge in [-0.2, -0.15) is 0 Å². The quantitative estimate of drug-likeness (QED) is 0.473. The Balaban J connectivity index is 2.15. The Morgan fingerprint density at radius 2 is 1.82 bits per heavy atom. The zero-order chi connectivity index (χ0) is 20.3. The molecule has 0 radical (unpaired) electrons. The molecule has 1 saturated heterocycles. The summed E-state index contributed by atoms with van der Waals surface area (Å²) in [7, 11) is 3.06. The molecule has 3 rings (SSSR count). The molecule has 2 aromatic rings. The fraction of sp³-hybridized carbons (Fsp3) is 0.273. The van der Waals surface area contributed by atoms with E-state index in [4.69, 9.17) is 9.47 Å². The van der Waals surface area contributed by atoms with Crippen LogP contribution >= 0.6 is 0 Å². The number of likely N-dealkylation sites (tertiary alicyclic amines) is 1. The number of nitrogens with zero attached hydrogens (tertiary/aromatic N) is 1. The SMILES string of the molecule is COCCN1C(=O)C(=O)C(=C(O)c2cccc(OC)c2)C1c1ccc(C)cc1. The van der Waals surface area contributed by atoms with E-state index in [0.29, 0.717) is 11.3 Å². The Morgan fingerprint density at radius 1 is 1.11 bits per heavy atom. The topological polar surface area (TPSA) is 76.1 Å². The highest BCUT2D eigenvalue weighted by Crippen LogP contribution is 2.39. The van der Waals surface area contributed by atoms with E-state index in [0.717, 1.165) is 11.1 Å². The van der Waals surface area contributed by atoms with Gasteiger partial charge in [0.1, 0.15) is 11.5 Å². The highest BCUT2D eigenvalue weighted by molar-refractivity contribution is 6.46. The summed E-state index contributed by atoms with van der Waals surface area (Å²) < 4.78 is 10.3. The molecule has 1 heterocycles. The van der Waals surface area contributed by atoms with Crippen molar-refractivity contribution in [2.75, 3.05) is 27.4 Å². The molecule has 6 nitrogen and oxygen atoms in total. The first-order valence-corrected chi connectivity index (χ1v) is 8.96. The number of carbonyl (C=O) groups is 2. The van der Waals surface area contributed by atoms with Gasteiger partial charge < -0.3 is 19.5 Å². The number of methoxy groups -OCH3 is 2. The first kappa shape index (κ1) is 19.6. The molecule has 2 aromatic carbocycles. The van der Waals surface area contributed by atoms with E-state index in [9.17, 15) is 14.7 Å². The van der Waals surface area contributed by atoms with Crippen LogP contribution in [0.5, 0.6) is 5.75 Å². The van der Waals surface area contributed by atoms with E-state index < -0.39 is 17.7 Å². The van der Waals surface area contributed by atoms with Gasteiger partial charge in [-0.15, -0.1) is 0 Å². The first-order chi connectivity index (χ1) is 13.5. The second-order valence-corrected chi connectivity index (χ2v) is 6.63. The smallest absolute Gasteiger partial charge is 0.295 e. The second kappa shape index (κ2) is 8.27. The molecule has 1 fully saturated rings. The number of ketones is 1. The maximum atomic E-state index is 12.8. The van der Waals surface area contributed by atoms with Gasteiger partial charge in [0.05, 0.1) is 25.3 Å². The van der Waals surface area contributed by atoms with Gasteiger partial charge in [-0.25, -0.2) is 0 Å². The van der Waals surface area contributed by atoms with Crippen molar-refractivity contribution in [1.29, 1.82) is 0 Å². The lowest BCUT2D eigenvalue weighted by Crippen LogP contribution is -2.32. The van der Waals surface area contributed by atoms with Crippen molar-refractivity contribution < 1.29 is 24.2 Å². The molecule has 6 heteroatoms. The van der Waals surface area contributed by atoms with Gasteiger partial charge in [0.25, 0.3) is 11.7 Å². The van der Waals surface area contributed by atoms with Crippen molar-refractivity contribution in [2.24, 2.45) is 0 Å². The van der Waals surface area contributed by atoms with E-state index in [1.807, 2.05) is 31.2 Å². The third kappa shape index (κ3) is 3.64. The average molecular weight is 381 g/mol. The summed E-state index contributed by atoms with van der Waals surface area (Å²) in [6.07, 6.45) is 0. The van der Waals surface area contributed by atoms with E-state index in [2.05, 4.69) is 0 Å². The standard InChI is InChI=1S/C22H23NO5/c1-14-7-9-15(10-8-14)19-18(21(25)22(26)23(19)11-12-27-2)20(24)16-5-4-6-17(13-16)28-3/h4-10,13,19,24H,11-12H2,1-3H3. The van der Waals surface area contributed by atoms with Gasteiger partial charge >= 0.3 is 0 Å². The summed E-state index contributed by atoms with van der Waals surface area (Å²) in [6.45, 7) is 2.49. The van der Waals surface area contributed by atoms with Gasteiger partial charge in [-0.1, -0.05) is 42.0 Å². The van der Waals surface area contributed by atoms with Gasteiger partial charge in [0, 0.05) is 19.2 Å². The molecule has 0 aliphatic carbocycles. The number of Topliss-reactive ketones (excluding diaryl/α,β-unsaturated/α-hetero) is 1. The Kier molecular flexibility index (Phi) is 5.80. The predicted molar refractivity (Wildman–Crippen MR) is 105 cm³/mol. The van der Waals surface area contributed by atoms with Crippen LogP contribution in [0.25, 0.3) is 5.76 Å². The molecule has 0 bridgehead atoms. The van der Waals surface area contributed by atoms with Gasteiger partial charge in [0.15, 0.2) is 0 Å². The molecule has 1 aliphatic heterocycles. The minimum Gasteiger partial charge on any atom is -0.507 e. The van der Waals surface area contributed by atoms with Crippen LogP contribution in [0.2, 0.25) is 0 Å². The van der Waals surface area contributed by atoms with E-state index in [-0.39, 0.29) is 24.5 Å². The minimum atomic E-state index is -0.706. The predicted octanol–water partition coefficient (Wildman–Crippen LogP) is 3.07. The van der Waals surface area contributed by atoms with E-state index >= 15 is 0 Å². The molecule has 1 aliphatic rings. The lowest BCUT2D eigenvalue weighted by molar-refractivity contribution is -0.140. The summed E-state index contributed by atoms with van der Waals surface area (Å²) in [5.41, 5.74) is 2.30. The van der Waals surface area contributed by atoms with Crippen molar-refractivity contribution in [3.8, 4) is 5.75 Å². The monoisotopic (exact) mass is 381 g/mol. The largest absolute Gasteiger partial charge is 0.507 e. The van der Waals surface area contributed by atoms with Crippen LogP contribution in [0.4, 0.5) is 0 Å². The van der Waals surface area contributed by atoms with Crippen molar-refractivity contribution in [3.05, 3.63) is 70.8 Å². The molecule has 0 saturated carbocycles. The van der Waals surface area contributed by atoms with Gasteiger partial charge in [0.2, 0.25) is 0 Å². The molecule has 1 atom stereocenters. The molecule has 28 heavy (non-hydrogen) atoms. The molecule has 0 aromatic heterocycles. The molecule has 1 N–H and O–H groups in total. The Morgan fingerprint density at radius 3 is 2.46 bits per heavy atom. The lowest BCUT2D eigenvalue weighted by atomic mass is 9.94. The van der Waals surface area contributed by atoms with Crippen LogP contribution in [-0.2, 0) is 14.3 Å². The Bertz CT molecular complexity index is 917. The third-order valence-corrected chi connectivity index (χ3v) is 4.81. The number of ether oxygens (including phenoxy) is 2. The molecule has 1 amide bonds. The normalized spacial score (nSPS) is 18.5. The van der Waals surface area contributed by atoms with Crippen molar-refractivity contribution in [1.82, 2.24) is 4.90 Å². The number of carbonyl (C=O) groups excluding carboxylic acids is 2. The van der Waals surface area contributed by atoms with Crippen LogP contribution in [-0.4, -0.2) is 49.1 Å². The zero-order valence-electron chi connectivity index (χ0n) is 16.1. The summed E-state index contributed by atoms with van der Waals surface area (Å²) in [5, 5.41) is 11.0. The Labute approximate surface area is 164 Å². The fourth-order valence-electron chi connectivity index (χ4n) is 3.32. The molecular formula is C22H23NO5. The van der Waals surface area contributed by atoms with Gasteiger partial charge in [-0.05, 0) is 24.6 Å². The number of aliphatic hydroxyl groups excluding tert-OH is 1. The number of rotatable bonds is 6. The lowest BCUT2D eigenvalue weighted by Gasteiger charge is -2.25. The van der Waals surface area contributed by atoms with Crippen LogP contribution in [0.3, 0.4) is 0 Å². The van der Waals surface area contributed by atoms with E-state index in [1.54, 1.807) is 24.3 Å². The Hall–Kier alpha value is -3.12. The highest BCUT2D eigenvalue weighted by atomic mass is 16.5. The first-order valence-electron chi connectivity index (χ1n) is 8.96. The highest BCUT2D eigenvalue weighted by Gasteiger charge is 2.45. The summed E-state index contributed by atoms with van der Waals surface area (Å²) in [6, 6.07) is 13.6. The number of aliphatic hydroxyl groups is 1. The van der Waals surface area contributed by atoms with Crippen LogP contribution < -0.4 is 4.74 Å². The van der Waals surface area contributed by atoms with Gasteiger partial charge in [-0.3, -0.25) is 9.59 Å². The number of amides is 1. The minimum absolute atomic E-state index is 0.0678. The molecule has 0 spiro atoms. The third-order valence-electron chi connectivity index (χ3n) is 4.81. The molecule has 1 unspecified atom stereocenters.